The quantitative estimate of drug-likeness (QED) is 0.313. The molecule has 15 heavy (non-hydrogen) atoms. The fourth-order valence-corrected chi connectivity index (χ4v) is 0.742. The number of aliphatic hydroxyl groups excluding tert-OH is 1. The third-order valence-electron chi connectivity index (χ3n) is 1.02. The number of phosphoric acid groups is 1. The summed E-state index contributed by atoms with van der Waals surface area (Å²) in [6.07, 6.45) is -0.667. The first kappa shape index (κ1) is 17.4. The molecule has 0 aliphatic heterocycles. The average molecular weight is 244 g/mol. The number of hydrogen-bond acceptors (Lipinski definition) is 5. The average Bonchev–Trinajstić information content (AvgIpc) is 1.77. The standard InChI is InChI=1S/C5H14NO4P.C2H7NO/c1-6(2,3)4-5-10-11(7,8)9;1-2(3)4/h4-5H2,1-3H3,(H-,7,8,9);2,4H,3H2,1H3. The van der Waals surface area contributed by atoms with Gasteiger partial charge in [0.25, 0.3) is 7.82 Å². The molecule has 0 saturated carbocycles. The van der Waals surface area contributed by atoms with Crippen molar-refractivity contribution in [3.8, 4) is 0 Å². The highest BCUT2D eigenvalue weighted by atomic mass is 31.2. The summed E-state index contributed by atoms with van der Waals surface area (Å²) in [5.74, 6) is 0. The van der Waals surface area contributed by atoms with Gasteiger partial charge in [-0.25, -0.2) is 0 Å². The SMILES string of the molecule is CC(N)O.C[N+](C)(C)CCOP(=O)([O-])O. The minimum Gasteiger partial charge on any atom is -0.756 e. The van der Waals surface area contributed by atoms with Crippen LogP contribution >= 0.6 is 7.82 Å². The molecule has 8 heteroatoms. The van der Waals surface area contributed by atoms with E-state index in [9.17, 15) is 9.46 Å². The molecule has 2 unspecified atom stereocenters. The van der Waals surface area contributed by atoms with Gasteiger partial charge in [0.15, 0.2) is 0 Å². The number of hydrogen-bond donors (Lipinski definition) is 3. The molecular weight excluding hydrogens is 223 g/mol. The van der Waals surface area contributed by atoms with Gasteiger partial charge in [0.05, 0.1) is 27.4 Å². The summed E-state index contributed by atoms with van der Waals surface area (Å²) in [6.45, 7) is 2.05. The second-order valence-corrected chi connectivity index (χ2v) is 5.25. The number of nitrogens with zero attached hydrogens (tertiary/aromatic N) is 1. The van der Waals surface area contributed by atoms with Crippen LogP contribution in [0.2, 0.25) is 0 Å². The van der Waals surface area contributed by atoms with Gasteiger partial charge in [0.1, 0.15) is 13.2 Å². The third kappa shape index (κ3) is 31.5. The van der Waals surface area contributed by atoms with E-state index in [0.717, 1.165) is 0 Å². The van der Waals surface area contributed by atoms with E-state index in [4.69, 9.17) is 10.00 Å². The van der Waals surface area contributed by atoms with Gasteiger partial charge in [-0.1, -0.05) is 0 Å². The van der Waals surface area contributed by atoms with E-state index < -0.39 is 14.1 Å². The van der Waals surface area contributed by atoms with Gasteiger partial charge in [-0.15, -0.1) is 0 Å². The van der Waals surface area contributed by atoms with Crippen LogP contribution in [0, 0.1) is 0 Å². The minimum atomic E-state index is -4.51. The fourth-order valence-electron chi connectivity index (χ4n) is 0.430. The number of aliphatic hydroxyl groups is 1. The zero-order chi connectivity index (χ0) is 12.7. The van der Waals surface area contributed by atoms with Crippen molar-refractivity contribution in [2.75, 3.05) is 34.3 Å². The molecule has 0 radical (unpaired) electrons. The van der Waals surface area contributed by atoms with Crippen LogP contribution in [0.3, 0.4) is 0 Å². The van der Waals surface area contributed by atoms with Crippen molar-refractivity contribution in [1.82, 2.24) is 0 Å². The van der Waals surface area contributed by atoms with Gasteiger partial charge in [-0.05, 0) is 6.92 Å². The van der Waals surface area contributed by atoms with Crippen LogP contribution in [0.1, 0.15) is 6.92 Å². The van der Waals surface area contributed by atoms with Crippen LogP contribution in [-0.4, -0.2) is 55.0 Å². The molecule has 0 spiro atoms. The normalized spacial score (nSPS) is 17.3. The van der Waals surface area contributed by atoms with E-state index in [0.29, 0.717) is 11.0 Å². The Kier molecular flexibility index (Phi) is 8.45. The van der Waals surface area contributed by atoms with Gasteiger partial charge in [0, 0.05) is 0 Å². The van der Waals surface area contributed by atoms with Crippen LogP contribution in [0.5, 0.6) is 0 Å². The first-order valence-corrected chi connectivity index (χ1v) is 5.86. The van der Waals surface area contributed by atoms with Crippen LogP contribution in [0.15, 0.2) is 0 Å². The van der Waals surface area contributed by atoms with Crippen molar-refractivity contribution in [2.45, 2.75) is 13.2 Å². The number of nitrogens with two attached hydrogens (primary N) is 1. The molecule has 0 aromatic heterocycles. The largest absolute Gasteiger partial charge is 0.756 e. The maximum Gasteiger partial charge on any atom is 0.265 e. The lowest BCUT2D eigenvalue weighted by molar-refractivity contribution is -0.870. The Bertz CT molecular complexity index is 195. The molecule has 7 nitrogen and oxygen atoms in total. The number of likely N-dealkylation sites (N-methyl/N-ethyl adjacent to an activating group) is 1. The number of phosphoric ester groups is 1. The van der Waals surface area contributed by atoms with Gasteiger partial charge >= 0.3 is 0 Å². The second-order valence-electron chi connectivity index (χ2n) is 4.06. The molecule has 0 bridgehead atoms. The van der Waals surface area contributed by atoms with E-state index in [1.807, 2.05) is 21.1 Å². The number of quaternary nitrogens is 1. The number of rotatable bonds is 4. The van der Waals surface area contributed by atoms with Crippen molar-refractivity contribution in [3.05, 3.63) is 0 Å². The molecule has 4 N–H and O–H groups in total. The fraction of sp³-hybridized carbons (Fsp3) is 1.00. The van der Waals surface area contributed by atoms with Crippen molar-refractivity contribution >= 4 is 7.82 Å². The van der Waals surface area contributed by atoms with E-state index in [2.05, 4.69) is 10.3 Å². The van der Waals surface area contributed by atoms with E-state index in [1.54, 1.807) is 0 Å². The monoisotopic (exact) mass is 244 g/mol. The second kappa shape index (κ2) is 7.29. The Hall–Kier alpha value is -0.0100. The summed E-state index contributed by atoms with van der Waals surface area (Å²) in [5, 5.41) is 7.83. The molecule has 0 saturated heterocycles. The van der Waals surface area contributed by atoms with E-state index in [-0.39, 0.29) is 6.61 Å². The van der Waals surface area contributed by atoms with E-state index >= 15 is 0 Å². The molecule has 0 amide bonds. The zero-order valence-corrected chi connectivity index (χ0v) is 10.5. The molecule has 0 aromatic rings. The van der Waals surface area contributed by atoms with Crippen molar-refractivity contribution in [2.24, 2.45) is 5.73 Å². The van der Waals surface area contributed by atoms with Crippen LogP contribution in [0.4, 0.5) is 0 Å². The summed E-state index contributed by atoms with van der Waals surface area (Å²) in [5.41, 5.74) is 4.67. The Balaban J connectivity index is 0. The van der Waals surface area contributed by atoms with Crippen molar-refractivity contribution < 1.29 is 28.5 Å². The van der Waals surface area contributed by atoms with Crippen LogP contribution in [-0.2, 0) is 9.09 Å². The summed E-state index contributed by atoms with van der Waals surface area (Å²) >= 11 is 0. The van der Waals surface area contributed by atoms with Gasteiger partial charge in [-0.2, -0.15) is 0 Å². The maximum atomic E-state index is 10.1. The Morgan fingerprint density at radius 3 is 2.07 bits per heavy atom. The topological polar surface area (TPSA) is 116 Å². The molecule has 0 fully saturated rings. The molecule has 0 aromatic carbocycles. The minimum absolute atomic E-state index is 0.0147. The smallest absolute Gasteiger partial charge is 0.265 e. The predicted molar refractivity (Wildman–Crippen MR) is 54.5 cm³/mol. The summed E-state index contributed by atoms with van der Waals surface area (Å²) < 4.78 is 14.8. The third-order valence-corrected chi connectivity index (χ3v) is 1.53. The molecule has 0 aliphatic rings. The summed E-state index contributed by atoms with van der Waals surface area (Å²) in [4.78, 5) is 18.3. The Morgan fingerprint density at radius 2 is 1.87 bits per heavy atom. The molecule has 2 atom stereocenters. The first-order chi connectivity index (χ1) is 6.44. The Labute approximate surface area is 90.3 Å². The Morgan fingerprint density at radius 1 is 1.53 bits per heavy atom. The van der Waals surface area contributed by atoms with Crippen molar-refractivity contribution in [1.29, 1.82) is 0 Å². The zero-order valence-electron chi connectivity index (χ0n) is 9.58. The molecule has 0 aliphatic carbocycles. The lowest BCUT2D eigenvalue weighted by Gasteiger charge is -2.25. The molecule has 0 heterocycles. The van der Waals surface area contributed by atoms with Gasteiger partial charge < -0.3 is 29.6 Å². The van der Waals surface area contributed by atoms with E-state index in [1.165, 1.54) is 6.92 Å². The lowest BCUT2D eigenvalue weighted by Crippen LogP contribution is -2.37. The highest BCUT2D eigenvalue weighted by Gasteiger charge is 2.08. The highest BCUT2D eigenvalue weighted by molar-refractivity contribution is 7.44. The van der Waals surface area contributed by atoms with Gasteiger partial charge in [0.2, 0.25) is 0 Å². The van der Waals surface area contributed by atoms with Crippen LogP contribution < -0.4 is 10.6 Å². The van der Waals surface area contributed by atoms with Crippen molar-refractivity contribution in [3.63, 3.8) is 0 Å². The molecule has 94 valence electrons. The first-order valence-electron chi connectivity index (χ1n) is 4.36. The van der Waals surface area contributed by atoms with Crippen LogP contribution in [0.25, 0.3) is 0 Å². The molecular formula is C7H21N2O5P. The lowest BCUT2D eigenvalue weighted by atomic mass is 10.5. The summed E-state index contributed by atoms with van der Waals surface area (Å²) in [7, 11) is 1.19. The summed E-state index contributed by atoms with van der Waals surface area (Å²) in [6, 6.07) is 0. The maximum absolute atomic E-state index is 10.1. The van der Waals surface area contributed by atoms with Gasteiger partial charge in [-0.3, -0.25) is 4.57 Å². The highest BCUT2D eigenvalue weighted by Crippen LogP contribution is 2.29. The molecule has 0 rings (SSSR count). The predicted octanol–water partition coefficient (Wildman–Crippen LogP) is -1.55.